The van der Waals surface area contributed by atoms with Gasteiger partial charge in [-0.1, -0.05) is 6.08 Å². The molecular formula is C15H21N3OS. The van der Waals surface area contributed by atoms with Crippen LogP contribution in [0.4, 0.5) is 10.7 Å². The van der Waals surface area contributed by atoms with Gasteiger partial charge in [-0.2, -0.15) is 0 Å². The molecule has 3 rings (SSSR count). The number of anilines is 2. The number of hydrogen-bond acceptors (Lipinski definition) is 4. The van der Waals surface area contributed by atoms with Crippen LogP contribution in [0.15, 0.2) is 18.7 Å². The molecule has 1 amide bonds. The maximum absolute atomic E-state index is 11.9. The number of thiophene rings is 1. The summed E-state index contributed by atoms with van der Waals surface area (Å²) in [5.41, 5.74) is 7.02. The van der Waals surface area contributed by atoms with Crippen molar-refractivity contribution in [2.45, 2.75) is 25.7 Å². The van der Waals surface area contributed by atoms with E-state index in [1.807, 2.05) is 6.07 Å². The Bertz CT molecular complexity index is 529. The molecule has 2 aliphatic rings. The van der Waals surface area contributed by atoms with Gasteiger partial charge in [-0.25, -0.2) is 0 Å². The third-order valence-electron chi connectivity index (χ3n) is 4.32. The average molecular weight is 291 g/mol. The van der Waals surface area contributed by atoms with Gasteiger partial charge in [0.15, 0.2) is 0 Å². The minimum Gasteiger partial charge on any atom is -0.397 e. The molecule has 2 fully saturated rings. The lowest BCUT2D eigenvalue weighted by molar-refractivity contribution is 0.0963. The van der Waals surface area contributed by atoms with Crippen LogP contribution in [0.3, 0.4) is 0 Å². The third-order valence-corrected chi connectivity index (χ3v) is 5.43. The van der Waals surface area contributed by atoms with Crippen molar-refractivity contribution >= 4 is 27.9 Å². The Kier molecular flexibility index (Phi) is 3.46. The summed E-state index contributed by atoms with van der Waals surface area (Å²) in [6.07, 6.45) is 7.14. The molecule has 2 saturated carbocycles. The number of hydrogen-bond donors (Lipinski definition) is 3. The first kappa shape index (κ1) is 13.5. The van der Waals surface area contributed by atoms with E-state index < -0.39 is 0 Å². The summed E-state index contributed by atoms with van der Waals surface area (Å²) in [5.74, 6) is 0.812. The maximum atomic E-state index is 11.9. The Morgan fingerprint density at radius 2 is 2.30 bits per heavy atom. The Morgan fingerprint density at radius 1 is 1.55 bits per heavy atom. The zero-order valence-corrected chi connectivity index (χ0v) is 12.4. The molecule has 0 saturated heterocycles. The van der Waals surface area contributed by atoms with Gasteiger partial charge in [0, 0.05) is 13.1 Å². The lowest BCUT2D eigenvalue weighted by Gasteiger charge is -2.14. The van der Waals surface area contributed by atoms with Crippen molar-refractivity contribution in [1.82, 2.24) is 5.32 Å². The Balaban J connectivity index is 1.60. The predicted molar refractivity (Wildman–Crippen MR) is 84.1 cm³/mol. The molecule has 5 heteroatoms. The summed E-state index contributed by atoms with van der Waals surface area (Å²) in [6, 6.07) is 1.87. The Labute approximate surface area is 123 Å². The molecular weight excluding hydrogens is 270 g/mol. The quantitative estimate of drug-likeness (QED) is 0.677. The maximum Gasteiger partial charge on any atom is 0.263 e. The first-order valence-electron chi connectivity index (χ1n) is 7.17. The van der Waals surface area contributed by atoms with Crippen molar-refractivity contribution in [3.05, 3.63) is 23.6 Å². The van der Waals surface area contributed by atoms with Gasteiger partial charge in [0.1, 0.15) is 4.88 Å². The highest BCUT2D eigenvalue weighted by Crippen LogP contribution is 2.61. The van der Waals surface area contributed by atoms with E-state index in [0.29, 0.717) is 22.5 Å². The van der Waals surface area contributed by atoms with Crippen molar-refractivity contribution in [2.75, 3.05) is 24.1 Å². The van der Waals surface area contributed by atoms with E-state index in [2.05, 4.69) is 17.2 Å². The number of nitrogen functional groups attached to an aromatic ring is 1. The van der Waals surface area contributed by atoms with Gasteiger partial charge in [-0.3, -0.25) is 4.79 Å². The molecule has 1 aromatic heterocycles. The zero-order chi connectivity index (χ0) is 14.2. The highest BCUT2D eigenvalue weighted by Gasteiger charge is 2.53. The summed E-state index contributed by atoms with van der Waals surface area (Å²) in [5, 5.41) is 7.24. The second-order valence-corrected chi connectivity index (χ2v) is 6.94. The summed E-state index contributed by atoms with van der Waals surface area (Å²) in [6.45, 7) is 5.07. The van der Waals surface area contributed by atoms with E-state index in [4.69, 9.17) is 5.73 Å². The Hall–Kier alpha value is -1.49. The molecule has 2 aliphatic carbocycles. The molecule has 0 bridgehead atoms. The van der Waals surface area contributed by atoms with Gasteiger partial charge in [0.2, 0.25) is 0 Å². The normalized spacial score (nSPS) is 19.4. The Morgan fingerprint density at radius 3 is 2.90 bits per heavy atom. The smallest absolute Gasteiger partial charge is 0.263 e. The number of nitrogens with one attached hydrogen (secondary N) is 2. The summed E-state index contributed by atoms with van der Waals surface area (Å²) in [7, 11) is 0. The molecule has 20 heavy (non-hydrogen) atoms. The molecule has 1 heterocycles. The van der Waals surface area contributed by atoms with Gasteiger partial charge in [0.25, 0.3) is 5.91 Å². The first-order chi connectivity index (χ1) is 9.64. The van der Waals surface area contributed by atoms with Crippen molar-refractivity contribution in [1.29, 1.82) is 0 Å². The second-order valence-electron chi connectivity index (χ2n) is 5.88. The number of carbonyl (C=O) groups is 1. The average Bonchev–Trinajstić information content (AvgIpc) is 3.32. The van der Waals surface area contributed by atoms with Gasteiger partial charge >= 0.3 is 0 Å². The van der Waals surface area contributed by atoms with Crippen LogP contribution in [-0.2, 0) is 0 Å². The molecule has 4 N–H and O–H groups in total. The molecule has 0 unspecified atom stereocenters. The molecule has 0 atom stereocenters. The first-order valence-corrected chi connectivity index (χ1v) is 7.98. The lowest BCUT2D eigenvalue weighted by Crippen LogP contribution is -2.22. The zero-order valence-electron chi connectivity index (χ0n) is 11.6. The SMILES string of the molecule is C=CCNC(=O)c1sc(NCC2(C3CC3)CC2)cc1N. The number of rotatable bonds is 7. The van der Waals surface area contributed by atoms with Gasteiger partial charge in [-0.05, 0) is 43.1 Å². The number of nitrogens with two attached hydrogens (primary N) is 1. The molecule has 0 radical (unpaired) electrons. The molecule has 108 valence electrons. The van der Waals surface area contributed by atoms with Crippen LogP contribution in [0.1, 0.15) is 35.4 Å². The van der Waals surface area contributed by atoms with E-state index in [1.54, 1.807) is 6.08 Å². The summed E-state index contributed by atoms with van der Waals surface area (Å²) in [4.78, 5) is 12.5. The lowest BCUT2D eigenvalue weighted by atomic mass is 10.0. The minimum atomic E-state index is -0.122. The van der Waals surface area contributed by atoms with Crippen molar-refractivity contribution in [3.8, 4) is 0 Å². The fourth-order valence-electron chi connectivity index (χ4n) is 2.76. The summed E-state index contributed by atoms with van der Waals surface area (Å²) < 4.78 is 0. The standard InChI is InChI=1S/C15H21N3OS/c1-2-7-17-14(19)13-11(16)8-12(20-13)18-9-15(5-6-15)10-3-4-10/h2,8,10,18H,1,3-7,9,16H2,(H,17,19). The highest BCUT2D eigenvalue weighted by atomic mass is 32.1. The van der Waals surface area contributed by atoms with Crippen molar-refractivity contribution < 1.29 is 4.79 Å². The van der Waals surface area contributed by atoms with Crippen LogP contribution in [0, 0.1) is 11.3 Å². The fraction of sp³-hybridized carbons (Fsp3) is 0.533. The summed E-state index contributed by atoms with van der Waals surface area (Å²) >= 11 is 1.44. The molecule has 0 aromatic carbocycles. The minimum absolute atomic E-state index is 0.122. The van der Waals surface area contributed by atoms with Crippen LogP contribution >= 0.6 is 11.3 Å². The van der Waals surface area contributed by atoms with Crippen molar-refractivity contribution in [3.63, 3.8) is 0 Å². The number of carbonyl (C=O) groups excluding carboxylic acids is 1. The largest absolute Gasteiger partial charge is 0.397 e. The van der Waals surface area contributed by atoms with Crippen LogP contribution in [0.25, 0.3) is 0 Å². The van der Waals surface area contributed by atoms with E-state index in [-0.39, 0.29) is 5.91 Å². The monoisotopic (exact) mass is 291 g/mol. The van der Waals surface area contributed by atoms with E-state index in [9.17, 15) is 4.79 Å². The predicted octanol–water partition coefficient (Wildman–Crippen LogP) is 2.85. The van der Waals surface area contributed by atoms with Crippen molar-refractivity contribution in [2.24, 2.45) is 11.3 Å². The second kappa shape index (κ2) is 5.13. The molecule has 1 aromatic rings. The van der Waals surface area contributed by atoms with Crippen LogP contribution in [-0.4, -0.2) is 19.0 Å². The topological polar surface area (TPSA) is 67.2 Å². The molecule has 0 spiro atoms. The van der Waals surface area contributed by atoms with Crippen LogP contribution in [0.2, 0.25) is 0 Å². The van der Waals surface area contributed by atoms with E-state index in [0.717, 1.165) is 17.5 Å². The fourth-order valence-corrected chi connectivity index (χ4v) is 3.66. The van der Waals surface area contributed by atoms with Gasteiger partial charge in [0.05, 0.1) is 10.7 Å². The van der Waals surface area contributed by atoms with E-state index in [1.165, 1.54) is 37.0 Å². The van der Waals surface area contributed by atoms with Crippen LogP contribution in [0.5, 0.6) is 0 Å². The van der Waals surface area contributed by atoms with E-state index >= 15 is 0 Å². The highest BCUT2D eigenvalue weighted by molar-refractivity contribution is 7.18. The molecule has 4 nitrogen and oxygen atoms in total. The van der Waals surface area contributed by atoms with Gasteiger partial charge < -0.3 is 16.4 Å². The van der Waals surface area contributed by atoms with Crippen LogP contribution < -0.4 is 16.4 Å². The third kappa shape index (κ3) is 2.68. The number of amides is 1. The molecule has 0 aliphatic heterocycles. The van der Waals surface area contributed by atoms with Gasteiger partial charge in [-0.15, -0.1) is 17.9 Å².